The van der Waals surface area contributed by atoms with Crippen LogP contribution in [0, 0.1) is 0 Å². The van der Waals surface area contributed by atoms with Crippen molar-refractivity contribution in [3.63, 3.8) is 0 Å². The molecule has 0 radical (unpaired) electrons. The van der Waals surface area contributed by atoms with Gasteiger partial charge in [-0.05, 0) is 83.9 Å². The normalized spacial score (nSPS) is 10.2. The molecule has 0 saturated carbocycles. The van der Waals surface area contributed by atoms with Gasteiger partial charge in [0.25, 0.3) is 19.2 Å². The van der Waals surface area contributed by atoms with Crippen LogP contribution in [0.2, 0.25) is 0 Å². The predicted molar refractivity (Wildman–Crippen MR) is 188 cm³/mol. The first kappa shape index (κ1) is 48.4. The zero-order valence-corrected chi connectivity index (χ0v) is 30.0. The Morgan fingerprint density at radius 3 is 0.979 bits per heavy atom. The molecule has 0 bridgehead atoms. The SMILES string of the molecule is C.CN(C)c1ccc(S(=O)(=O)Cl)cc1.CN(C)c1ccc(S(=O)(=O)O)cc1.CN(C)c1ccccc1.O=C(Cl)C(=O)Cl.O=S(=O)(O)O. The molecule has 14 nitrogen and oxygen atoms in total. The minimum Gasteiger partial charge on any atom is -0.378 e. The Labute approximate surface area is 291 Å². The van der Waals surface area contributed by atoms with Gasteiger partial charge in [0.1, 0.15) is 0 Å². The highest BCUT2D eigenvalue weighted by molar-refractivity contribution is 8.13. The Morgan fingerprint density at radius 2 is 0.787 bits per heavy atom. The summed E-state index contributed by atoms with van der Waals surface area (Å²) in [6.07, 6.45) is 0. The first-order valence-corrected chi connectivity index (χ1v) is 18.0. The molecule has 0 fully saturated rings. The molecule has 0 aromatic heterocycles. The topological polar surface area (TPSA) is 207 Å². The number of para-hydroxylation sites is 1. The van der Waals surface area contributed by atoms with Crippen molar-refractivity contribution in [3.8, 4) is 0 Å². The van der Waals surface area contributed by atoms with Gasteiger partial charge in [-0.3, -0.25) is 23.2 Å². The zero-order chi connectivity index (χ0) is 36.5. The summed E-state index contributed by atoms with van der Waals surface area (Å²) in [6, 6.07) is 22.6. The Morgan fingerprint density at radius 1 is 0.532 bits per heavy atom. The maximum absolute atomic E-state index is 10.9. The smallest absolute Gasteiger partial charge is 0.378 e. The van der Waals surface area contributed by atoms with E-state index in [4.69, 9.17) is 32.8 Å². The fourth-order valence-electron chi connectivity index (χ4n) is 2.55. The molecule has 20 heteroatoms. The minimum atomic E-state index is -4.67. The molecule has 3 rings (SSSR count). The number of carbonyl (C=O) groups is 2. The van der Waals surface area contributed by atoms with Crippen molar-refractivity contribution in [1.82, 2.24) is 0 Å². The molecular formula is C27H38Cl3N3O11S3. The number of hydrogen-bond donors (Lipinski definition) is 3. The van der Waals surface area contributed by atoms with E-state index in [2.05, 4.69) is 40.2 Å². The molecule has 0 spiro atoms. The number of anilines is 3. The van der Waals surface area contributed by atoms with Gasteiger partial charge >= 0.3 is 20.9 Å². The summed E-state index contributed by atoms with van der Waals surface area (Å²) in [5, 5.41) is -2.28. The second-order valence-electron chi connectivity index (χ2n) is 8.91. The molecule has 0 atom stereocenters. The number of halogens is 3. The van der Waals surface area contributed by atoms with Gasteiger partial charge < -0.3 is 14.7 Å². The fourth-order valence-corrected chi connectivity index (χ4v) is 3.80. The van der Waals surface area contributed by atoms with Crippen LogP contribution in [0.15, 0.2) is 88.7 Å². The summed E-state index contributed by atoms with van der Waals surface area (Å²) in [6.45, 7) is 0. The summed E-state index contributed by atoms with van der Waals surface area (Å²) in [7, 11) is 4.36. The molecule has 0 aliphatic heterocycles. The van der Waals surface area contributed by atoms with Crippen molar-refractivity contribution in [2.24, 2.45) is 0 Å². The second kappa shape index (κ2) is 22.5. The average Bonchev–Trinajstić information content (AvgIpc) is 2.93. The standard InChI is InChI=1S/C8H10ClNO2S.C8H11NO3S.C8H11N.C2Cl2O2.CH4.H2O4S/c1-10(2)7-3-5-8(6-4-7)13(9,11)12;1-9(2)7-3-5-8(6-4-7)13(10,11)12;1-9(2)8-6-4-3-5-7-8;3-1(5)2(4)6;;1-5(2,3)4/h3-6H,1-2H3;3-6H,1-2H3,(H,10,11,12);3-7H,1-2H3;;1H4;(H2,1,2,3,4). The van der Waals surface area contributed by atoms with E-state index in [0.29, 0.717) is 0 Å². The zero-order valence-electron chi connectivity index (χ0n) is 25.3. The fraction of sp³-hybridized carbons (Fsp3) is 0.259. The van der Waals surface area contributed by atoms with E-state index in [1.807, 2.05) is 70.3 Å². The summed E-state index contributed by atoms with van der Waals surface area (Å²) < 4.78 is 83.3. The summed E-state index contributed by atoms with van der Waals surface area (Å²) >= 11 is 8.98. The van der Waals surface area contributed by atoms with Crippen LogP contribution in [0.5, 0.6) is 0 Å². The van der Waals surface area contributed by atoms with Gasteiger partial charge in [0.05, 0.1) is 9.79 Å². The first-order valence-electron chi connectivity index (χ1n) is 12.1. The van der Waals surface area contributed by atoms with Gasteiger partial charge in [-0.15, -0.1) is 0 Å². The Bertz CT molecular complexity index is 1590. The summed E-state index contributed by atoms with van der Waals surface area (Å²) in [4.78, 5) is 24.7. The highest BCUT2D eigenvalue weighted by Crippen LogP contribution is 2.19. The van der Waals surface area contributed by atoms with Crippen LogP contribution >= 0.6 is 33.9 Å². The molecule has 0 amide bonds. The first-order chi connectivity index (χ1) is 20.8. The van der Waals surface area contributed by atoms with Crippen LogP contribution in [0.3, 0.4) is 0 Å². The van der Waals surface area contributed by atoms with E-state index in [-0.39, 0.29) is 17.2 Å². The number of hydrogen-bond acceptors (Lipinski definition) is 11. The van der Waals surface area contributed by atoms with Gasteiger partial charge in [0.15, 0.2) is 0 Å². The van der Waals surface area contributed by atoms with Crippen molar-refractivity contribution in [2.45, 2.75) is 17.2 Å². The van der Waals surface area contributed by atoms with Gasteiger partial charge in [-0.1, -0.05) is 25.6 Å². The molecule has 3 aromatic carbocycles. The maximum atomic E-state index is 10.9. The third-order valence-corrected chi connectivity index (χ3v) is 7.39. The van der Waals surface area contributed by atoms with Crippen LogP contribution in [0.4, 0.5) is 17.1 Å². The van der Waals surface area contributed by atoms with Crippen molar-refractivity contribution < 1.29 is 48.5 Å². The van der Waals surface area contributed by atoms with Crippen molar-refractivity contribution in [2.75, 3.05) is 57.0 Å². The van der Waals surface area contributed by atoms with Crippen LogP contribution in [-0.2, 0) is 39.2 Å². The lowest BCUT2D eigenvalue weighted by atomic mass is 10.3. The molecule has 0 unspecified atom stereocenters. The Kier molecular flexibility index (Phi) is 23.2. The second-order valence-corrected chi connectivity index (χ2v) is 14.5. The van der Waals surface area contributed by atoms with Crippen molar-refractivity contribution >= 4 is 91.0 Å². The van der Waals surface area contributed by atoms with Gasteiger partial charge in [-0.25, -0.2) is 8.42 Å². The van der Waals surface area contributed by atoms with E-state index in [1.54, 1.807) is 24.3 Å². The molecule has 47 heavy (non-hydrogen) atoms. The Balaban J connectivity index is -0.000000536. The van der Waals surface area contributed by atoms with Crippen molar-refractivity contribution in [1.29, 1.82) is 0 Å². The van der Waals surface area contributed by atoms with E-state index in [1.165, 1.54) is 30.0 Å². The summed E-state index contributed by atoms with van der Waals surface area (Å²) in [5.74, 6) is 0. The lowest BCUT2D eigenvalue weighted by Gasteiger charge is -2.11. The maximum Gasteiger partial charge on any atom is 0.394 e. The molecule has 0 aliphatic carbocycles. The minimum absolute atomic E-state index is 0. The molecule has 0 aliphatic rings. The van der Waals surface area contributed by atoms with Gasteiger partial charge in [0, 0.05) is 70.0 Å². The van der Waals surface area contributed by atoms with E-state index >= 15 is 0 Å². The van der Waals surface area contributed by atoms with Gasteiger partial charge in [-0.2, -0.15) is 16.8 Å². The highest BCUT2D eigenvalue weighted by atomic mass is 35.7. The van der Waals surface area contributed by atoms with Crippen LogP contribution in [0.1, 0.15) is 7.43 Å². The number of benzene rings is 3. The molecule has 266 valence electrons. The highest BCUT2D eigenvalue weighted by Gasteiger charge is 2.09. The molecule has 0 saturated heterocycles. The number of carbonyl (C=O) groups excluding carboxylic acids is 2. The number of nitrogens with zero attached hydrogens (tertiary/aromatic N) is 3. The lowest BCUT2D eigenvalue weighted by Crippen LogP contribution is -2.08. The predicted octanol–water partition coefficient (Wildman–Crippen LogP) is 4.93. The summed E-state index contributed by atoms with van der Waals surface area (Å²) in [5.41, 5.74) is 3.06. The van der Waals surface area contributed by atoms with Crippen LogP contribution in [0.25, 0.3) is 0 Å². The van der Waals surface area contributed by atoms with E-state index in [9.17, 15) is 26.4 Å². The third kappa shape index (κ3) is 25.7. The monoisotopic (exact) mass is 781 g/mol. The lowest BCUT2D eigenvalue weighted by molar-refractivity contribution is -0.127. The molecule has 3 aromatic rings. The third-order valence-electron chi connectivity index (χ3n) is 4.71. The largest absolute Gasteiger partial charge is 0.394 e. The quantitative estimate of drug-likeness (QED) is 0.172. The van der Waals surface area contributed by atoms with Gasteiger partial charge in [0.2, 0.25) is 0 Å². The van der Waals surface area contributed by atoms with E-state index in [0.717, 1.165) is 11.4 Å². The Hall–Kier alpha value is -3.00. The van der Waals surface area contributed by atoms with E-state index < -0.39 is 40.1 Å². The average molecular weight is 783 g/mol. The van der Waals surface area contributed by atoms with Crippen LogP contribution in [-0.4, -0.2) is 91.7 Å². The van der Waals surface area contributed by atoms with Crippen LogP contribution < -0.4 is 14.7 Å². The molecule has 3 N–H and O–H groups in total. The molecule has 0 heterocycles. The van der Waals surface area contributed by atoms with Crippen molar-refractivity contribution in [3.05, 3.63) is 78.9 Å². The molecular weight excluding hydrogens is 745 g/mol. The number of rotatable bonds is 6.